The number of aromatic nitrogens is 3. The summed E-state index contributed by atoms with van der Waals surface area (Å²) in [4.78, 5) is 38.5. The lowest BCUT2D eigenvalue weighted by atomic mass is 9.96. The molecule has 1 aliphatic rings. The lowest BCUT2D eigenvalue weighted by Crippen LogP contribution is -2.42. The molecule has 3 heterocycles. The molecule has 10 nitrogen and oxygen atoms in total. The number of hydrogen-bond acceptors (Lipinski definition) is 7. The third-order valence-corrected chi connectivity index (χ3v) is 7.14. The number of nitrogens with one attached hydrogen (secondary N) is 1. The summed E-state index contributed by atoms with van der Waals surface area (Å²) in [6, 6.07) is 5.62. The zero-order valence-electron chi connectivity index (χ0n) is 23.9. The van der Waals surface area contributed by atoms with Gasteiger partial charge in [0.25, 0.3) is 0 Å². The number of amides is 2. The molecule has 10 heteroatoms. The molecule has 0 bridgehead atoms. The number of nitrogens with zero attached hydrogens (tertiary/aromatic N) is 5. The van der Waals surface area contributed by atoms with E-state index in [-0.39, 0.29) is 17.9 Å². The van der Waals surface area contributed by atoms with Crippen LogP contribution >= 0.6 is 0 Å². The number of anilines is 1. The van der Waals surface area contributed by atoms with Crippen molar-refractivity contribution in [3.05, 3.63) is 42.1 Å². The summed E-state index contributed by atoms with van der Waals surface area (Å²) in [7, 11) is 5.40. The number of fused-ring (bicyclic) bond motifs is 1. The first-order chi connectivity index (χ1) is 18.7. The molecule has 2 amide bonds. The van der Waals surface area contributed by atoms with Crippen LogP contribution in [0.25, 0.3) is 16.8 Å². The van der Waals surface area contributed by atoms with Gasteiger partial charge in [-0.25, -0.2) is 9.78 Å². The number of carbonyl (C=O) groups is 2. The van der Waals surface area contributed by atoms with Gasteiger partial charge in [0, 0.05) is 37.0 Å². The van der Waals surface area contributed by atoms with Crippen molar-refractivity contribution in [2.24, 2.45) is 0 Å². The molecule has 0 aliphatic carbocycles. The van der Waals surface area contributed by atoms with Gasteiger partial charge in [-0.15, -0.1) is 0 Å². The fraction of sp³-hybridized carbons (Fsp3) is 0.517. The third-order valence-electron chi connectivity index (χ3n) is 7.14. The second-order valence-electron chi connectivity index (χ2n) is 10.5. The van der Waals surface area contributed by atoms with Crippen molar-refractivity contribution in [3.8, 4) is 17.0 Å². The predicted molar refractivity (Wildman–Crippen MR) is 151 cm³/mol. The van der Waals surface area contributed by atoms with Crippen LogP contribution in [0.3, 0.4) is 0 Å². The standard InChI is InChI=1S/C29H40N6O4/c1-7-8-19(2)39-29(37)31-23-10-9-22(17-24(23)38-6)26-27-20(3)30-13-16-35(27)28(32-26)21-11-14-34(15-12-21)25(36)18-33(4)5/h9-10,13,16-17,19,21H,7-8,11-12,14-15,18H2,1-6H3,(H,31,37). The minimum atomic E-state index is -0.507. The fourth-order valence-electron chi connectivity index (χ4n) is 5.20. The SMILES string of the molecule is CCCC(C)OC(=O)Nc1ccc(-c2nc(C3CCN(C(=O)CN(C)C)CC3)n3ccnc(C)c23)cc1OC. The van der Waals surface area contributed by atoms with Gasteiger partial charge in [0.15, 0.2) is 0 Å². The Morgan fingerprint density at radius 3 is 2.64 bits per heavy atom. The number of carbonyl (C=O) groups excluding carboxylic acids is 2. The fourth-order valence-corrected chi connectivity index (χ4v) is 5.20. The van der Waals surface area contributed by atoms with Crippen LogP contribution < -0.4 is 10.1 Å². The second kappa shape index (κ2) is 12.5. The van der Waals surface area contributed by atoms with Crippen LogP contribution in [0.2, 0.25) is 0 Å². The number of ether oxygens (including phenoxy) is 2. The molecule has 1 atom stereocenters. The lowest BCUT2D eigenvalue weighted by molar-refractivity contribution is -0.132. The largest absolute Gasteiger partial charge is 0.495 e. The summed E-state index contributed by atoms with van der Waals surface area (Å²) >= 11 is 0. The van der Waals surface area contributed by atoms with Crippen LogP contribution in [0.15, 0.2) is 30.6 Å². The van der Waals surface area contributed by atoms with Crippen LogP contribution in [0.4, 0.5) is 10.5 Å². The summed E-state index contributed by atoms with van der Waals surface area (Å²) in [5, 5.41) is 2.80. The predicted octanol–water partition coefficient (Wildman–Crippen LogP) is 4.72. The van der Waals surface area contributed by atoms with E-state index in [0.717, 1.165) is 54.0 Å². The summed E-state index contributed by atoms with van der Waals surface area (Å²) in [6.45, 7) is 7.77. The zero-order chi connectivity index (χ0) is 28.1. The molecule has 1 fully saturated rings. The van der Waals surface area contributed by atoms with E-state index >= 15 is 0 Å². The summed E-state index contributed by atoms with van der Waals surface area (Å²) < 4.78 is 13.2. The maximum Gasteiger partial charge on any atom is 0.412 e. The number of benzene rings is 1. The molecule has 0 radical (unpaired) electrons. The maximum atomic E-state index is 12.5. The molecule has 3 aromatic rings. The molecule has 1 saturated heterocycles. The van der Waals surface area contributed by atoms with Crippen LogP contribution in [0.1, 0.15) is 57.0 Å². The van der Waals surface area contributed by atoms with E-state index in [1.807, 2.05) is 62.1 Å². The molecule has 39 heavy (non-hydrogen) atoms. The van der Waals surface area contributed by atoms with Gasteiger partial charge in [0.05, 0.1) is 36.2 Å². The van der Waals surface area contributed by atoms with Crippen molar-refractivity contribution in [2.75, 3.05) is 46.2 Å². The average Bonchev–Trinajstić information content (AvgIpc) is 3.29. The second-order valence-corrected chi connectivity index (χ2v) is 10.5. The number of imidazole rings is 1. The monoisotopic (exact) mass is 536 g/mol. The molecular formula is C29H40N6O4. The lowest BCUT2D eigenvalue weighted by Gasteiger charge is -2.32. The molecule has 0 spiro atoms. The Morgan fingerprint density at radius 1 is 1.23 bits per heavy atom. The van der Waals surface area contributed by atoms with Gasteiger partial charge in [0.2, 0.25) is 5.91 Å². The van der Waals surface area contributed by atoms with Crippen LogP contribution in [-0.4, -0.2) is 83.1 Å². The maximum absolute atomic E-state index is 12.5. The molecule has 0 saturated carbocycles. The smallest absolute Gasteiger partial charge is 0.412 e. The number of likely N-dealkylation sites (N-methyl/N-ethyl adjacent to an activating group) is 1. The number of aryl methyl sites for hydroxylation is 1. The Morgan fingerprint density at radius 2 is 1.97 bits per heavy atom. The summed E-state index contributed by atoms with van der Waals surface area (Å²) in [5.41, 5.74) is 4.02. The van der Waals surface area contributed by atoms with Crippen molar-refractivity contribution in [2.45, 2.75) is 58.5 Å². The molecule has 1 aromatic carbocycles. The quantitative estimate of drug-likeness (QED) is 0.422. The van der Waals surface area contributed by atoms with E-state index in [1.165, 1.54) is 0 Å². The number of methoxy groups -OCH3 is 1. The summed E-state index contributed by atoms with van der Waals surface area (Å²) in [6.07, 6.45) is 6.53. The molecular weight excluding hydrogens is 496 g/mol. The molecule has 1 N–H and O–H groups in total. The highest BCUT2D eigenvalue weighted by Crippen LogP contribution is 2.36. The van der Waals surface area contributed by atoms with Gasteiger partial charge in [0.1, 0.15) is 17.7 Å². The Bertz CT molecular complexity index is 1310. The van der Waals surface area contributed by atoms with E-state index in [1.54, 1.807) is 13.3 Å². The van der Waals surface area contributed by atoms with Gasteiger partial charge >= 0.3 is 6.09 Å². The van der Waals surface area contributed by atoms with E-state index in [4.69, 9.17) is 14.5 Å². The Hall–Kier alpha value is -3.66. The molecule has 2 aromatic heterocycles. The number of rotatable bonds is 9. The molecule has 1 aliphatic heterocycles. The molecule has 4 rings (SSSR count). The zero-order valence-corrected chi connectivity index (χ0v) is 23.9. The van der Waals surface area contributed by atoms with E-state index < -0.39 is 6.09 Å². The van der Waals surface area contributed by atoms with E-state index in [2.05, 4.69) is 21.6 Å². The van der Waals surface area contributed by atoms with Crippen LogP contribution in [0, 0.1) is 6.92 Å². The van der Waals surface area contributed by atoms with E-state index in [0.29, 0.717) is 31.1 Å². The summed E-state index contributed by atoms with van der Waals surface area (Å²) in [5.74, 6) is 1.88. The Labute approximate surface area is 230 Å². The van der Waals surface area contributed by atoms with Crippen molar-refractivity contribution in [3.63, 3.8) is 0 Å². The van der Waals surface area contributed by atoms with Crippen molar-refractivity contribution < 1.29 is 19.1 Å². The van der Waals surface area contributed by atoms with Gasteiger partial charge in [-0.2, -0.15) is 0 Å². The molecule has 1 unspecified atom stereocenters. The highest BCUT2D eigenvalue weighted by atomic mass is 16.6. The van der Waals surface area contributed by atoms with Gasteiger partial charge in [-0.05, 0) is 59.3 Å². The highest BCUT2D eigenvalue weighted by Gasteiger charge is 2.28. The third kappa shape index (κ3) is 6.50. The highest BCUT2D eigenvalue weighted by molar-refractivity contribution is 5.89. The van der Waals surface area contributed by atoms with Gasteiger partial charge in [-0.1, -0.05) is 19.4 Å². The van der Waals surface area contributed by atoms with Crippen LogP contribution in [0.5, 0.6) is 5.75 Å². The van der Waals surface area contributed by atoms with Gasteiger partial charge in [-0.3, -0.25) is 19.5 Å². The normalized spacial score (nSPS) is 15.0. The first kappa shape index (κ1) is 28.4. The van der Waals surface area contributed by atoms with Crippen LogP contribution in [-0.2, 0) is 9.53 Å². The van der Waals surface area contributed by atoms with Crippen molar-refractivity contribution in [1.29, 1.82) is 0 Å². The topological polar surface area (TPSA) is 101 Å². The van der Waals surface area contributed by atoms with Crippen molar-refractivity contribution in [1.82, 2.24) is 24.2 Å². The Balaban J connectivity index is 1.60. The van der Waals surface area contributed by atoms with Gasteiger partial charge < -0.3 is 19.3 Å². The number of piperidine rings is 1. The minimum absolute atomic E-state index is 0.163. The molecule has 210 valence electrons. The van der Waals surface area contributed by atoms with Crippen molar-refractivity contribution >= 4 is 23.2 Å². The first-order valence-corrected chi connectivity index (χ1v) is 13.6. The minimum Gasteiger partial charge on any atom is -0.495 e. The number of hydrogen-bond donors (Lipinski definition) is 1. The first-order valence-electron chi connectivity index (χ1n) is 13.6. The average molecular weight is 537 g/mol. The number of likely N-dealkylation sites (tertiary alicyclic amines) is 1. The van der Waals surface area contributed by atoms with E-state index in [9.17, 15) is 9.59 Å². The Kier molecular flexibility index (Phi) is 9.06.